The van der Waals surface area contributed by atoms with Crippen molar-refractivity contribution in [2.75, 3.05) is 13.2 Å². The van der Waals surface area contributed by atoms with Crippen molar-refractivity contribution in [2.45, 2.75) is 20.3 Å². The minimum Gasteiger partial charge on any atom is -0.494 e. The molecule has 0 saturated carbocycles. The molecule has 3 aromatic carbocycles. The fourth-order valence-corrected chi connectivity index (χ4v) is 3.19. The molecule has 0 heterocycles. The third-order valence-electron chi connectivity index (χ3n) is 4.59. The number of rotatable bonds is 10. The lowest BCUT2D eigenvalue weighted by atomic mass is 10.2. The van der Waals surface area contributed by atoms with Gasteiger partial charge >= 0.3 is 5.97 Å². The molecule has 0 aliphatic heterocycles. The Morgan fingerprint density at radius 3 is 2.31 bits per heavy atom. The molecular weight excluding hydrogens is 491 g/mol. The molecule has 0 atom stereocenters. The lowest BCUT2D eigenvalue weighted by molar-refractivity contribution is 0.0728. The standard InChI is InChI=1S/C26H24Cl2N2O5/c1-3-13-34-20-9-6-18(7-10-20)26(32)35-23-12-5-17(14-24(23)33-4-2)16-29-30-25(31)19-8-11-21(27)22(28)15-19/h5-12,14-16H,3-4,13H2,1-2H3,(H,30,31)/b29-16-. The van der Waals surface area contributed by atoms with Crippen LogP contribution in [0.1, 0.15) is 46.5 Å². The fraction of sp³-hybridized carbons (Fsp3) is 0.192. The highest BCUT2D eigenvalue weighted by molar-refractivity contribution is 6.42. The van der Waals surface area contributed by atoms with Crippen LogP contribution in [0.15, 0.2) is 65.8 Å². The molecule has 0 aliphatic carbocycles. The van der Waals surface area contributed by atoms with Crippen LogP contribution in [0.2, 0.25) is 10.0 Å². The molecule has 7 nitrogen and oxygen atoms in total. The highest BCUT2D eigenvalue weighted by atomic mass is 35.5. The number of hydrazone groups is 1. The average molecular weight is 515 g/mol. The lowest BCUT2D eigenvalue weighted by Gasteiger charge is -2.12. The number of benzene rings is 3. The molecule has 0 unspecified atom stereocenters. The average Bonchev–Trinajstić information content (AvgIpc) is 2.86. The van der Waals surface area contributed by atoms with Gasteiger partial charge in [-0.1, -0.05) is 30.1 Å². The molecule has 0 radical (unpaired) electrons. The van der Waals surface area contributed by atoms with E-state index in [4.69, 9.17) is 37.4 Å². The van der Waals surface area contributed by atoms with Gasteiger partial charge in [-0.3, -0.25) is 4.79 Å². The highest BCUT2D eigenvalue weighted by Gasteiger charge is 2.14. The number of esters is 1. The van der Waals surface area contributed by atoms with Gasteiger partial charge in [0.1, 0.15) is 5.75 Å². The molecule has 0 aliphatic rings. The van der Waals surface area contributed by atoms with Gasteiger partial charge in [0.2, 0.25) is 0 Å². The zero-order valence-electron chi connectivity index (χ0n) is 19.2. The van der Waals surface area contributed by atoms with Crippen molar-refractivity contribution in [1.29, 1.82) is 0 Å². The molecule has 0 aromatic heterocycles. The van der Waals surface area contributed by atoms with Crippen LogP contribution in [0, 0.1) is 0 Å². The van der Waals surface area contributed by atoms with Crippen molar-refractivity contribution in [3.05, 3.63) is 87.4 Å². The molecule has 0 bridgehead atoms. The summed E-state index contributed by atoms with van der Waals surface area (Å²) in [6.07, 6.45) is 2.34. The zero-order valence-corrected chi connectivity index (χ0v) is 20.7. The van der Waals surface area contributed by atoms with E-state index in [2.05, 4.69) is 10.5 Å². The molecular formula is C26H24Cl2N2O5. The van der Waals surface area contributed by atoms with E-state index < -0.39 is 11.9 Å². The van der Waals surface area contributed by atoms with Gasteiger partial charge in [0.15, 0.2) is 11.5 Å². The summed E-state index contributed by atoms with van der Waals surface area (Å²) in [5.41, 5.74) is 3.75. The molecule has 0 saturated heterocycles. The number of hydrogen-bond acceptors (Lipinski definition) is 6. The predicted octanol–water partition coefficient (Wildman–Crippen LogP) is 6.16. The summed E-state index contributed by atoms with van der Waals surface area (Å²) in [5, 5.41) is 4.59. The summed E-state index contributed by atoms with van der Waals surface area (Å²) >= 11 is 11.8. The van der Waals surface area contributed by atoms with Gasteiger partial charge in [-0.2, -0.15) is 5.10 Å². The van der Waals surface area contributed by atoms with Crippen LogP contribution in [0.5, 0.6) is 17.2 Å². The summed E-state index contributed by atoms with van der Waals surface area (Å²) in [4.78, 5) is 24.8. The maximum atomic E-state index is 12.6. The van der Waals surface area contributed by atoms with Crippen molar-refractivity contribution < 1.29 is 23.8 Å². The molecule has 9 heteroatoms. The Morgan fingerprint density at radius 2 is 1.63 bits per heavy atom. The molecule has 1 amide bonds. The van der Waals surface area contributed by atoms with Crippen LogP contribution in [0.25, 0.3) is 0 Å². The van der Waals surface area contributed by atoms with Crippen molar-refractivity contribution in [2.24, 2.45) is 5.10 Å². The Bertz CT molecular complexity index is 1210. The Morgan fingerprint density at radius 1 is 0.886 bits per heavy atom. The Balaban J connectivity index is 1.67. The second kappa shape index (κ2) is 12.8. The van der Waals surface area contributed by atoms with E-state index in [0.717, 1.165) is 6.42 Å². The number of nitrogens with zero attached hydrogens (tertiary/aromatic N) is 1. The third-order valence-corrected chi connectivity index (χ3v) is 5.33. The molecule has 1 N–H and O–H groups in total. The molecule has 0 spiro atoms. The molecule has 0 fully saturated rings. The van der Waals surface area contributed by atoms with E-state index in [0.29, 0.717) is 46.4 Å². The third kappa shape index (κ3) is 7.47. The van der Waals surface area contributed by atoms with Gasteiger partial charge < -0.3 is 14.2 Å². The SMILES string of the molecule is CCCOc1ccc(C(=O)Oc2ccc(/C=N\NC(=O)c3ccc(Cl)c(Cl)c3)cc2OCC)cc1. The zero-order chi connectivity index (χ0) is 25.2. The van der Waals surface area contributed by atoms with Crippen LogP contribution in [0.3, 0.4) is 0 Å². The summed E-state index contributed by atoms with van der Waals surface area (Å²) < 4.78 is 16.7. The summed E-state index contributed by atoms with van der Waals surface area (Å²) in [6.45, 7) is 4.81. The number of nitrogens with one attached hydrogen (secondary N) is 1. The topological polar surface area (TPSA) is 86.2 Å². The van der Waals surface area contributed by atoms with Crippen LogP contribution in [-0.2, 0) is 0 Å². The monoisotopic (exact) mass is 514 g/mol. The van der Waals surface area contributed by atoms with E-state index in [1.54, 1.807) is 48.5 Å². The minimum atomic E-state index is -0.525. The van der Waals surface area contributed by atoms with Gasteiger partial charge in [0.25, 0.3) is 5.91 Å². The van der Waals surface area contributed by atoms with E-state index >= 15 is 0 Å². The fourth-order valence-electron chi connectivity index (χ4n) is 2.89. The first kappa shape index (κ1) is 26.1. The largest absolute Gasteiger partial charge is 0.494 e. The Hall–Kier alpha value is -3.55. The number of amides is 1. The Labute approximate surface area is 213 Å². The van der Waals surface area contributed by atoms with Crippen LogP contribution in [0.4, 0.5) is 0 Å². The van der Waals surface area contributed by atoms with Crippen molar-refractivity contribution >= 4 is 41.3 Å². The normalized spacial score (nSPS) is 10.7. The first-order valence-corrected chi connectivity index (χ1v) is 11.7. The van der Waals surface area contributed by atoms with Crippen molar-refractivity contribution in [3.63, 3.8) is 0 Å². The molecule has 3 rings (SSSR count). The van der Waals surface area contributed by atoms with E-state index in [9.17, 15) is 9.59 Å². The lowest BCUT2D eigenvalue weighted by Crippen LogP contribution is -2.17. The van der Waals surface area contributed by atoms with E-state index in [-0.39, 0.29) is 10.8 Å². The second-order valence-electron chi connectivity index (χ2n) is 7.23. The minimum absolute atomic E-state index is 0.264. The second-order valence-corrected chi connectivity index (χ2v) is 8.04. The maximum Gasteiger partial charge on any atom is 0.343 e. The Kier molecular flexibility index (Phi) is 9.52. The highest BCUT2D eigenvalue weighted by Crippen LogP contribution is 2.29. The van der Waals surface area contributed by atoms with Gasteiger partial charge in [-0.05, 0) is 79.6 Å². The van der Waals surface area contributed by atoms with Gasteiger partial charge in [-0.15, -0.1) is 0 Å². The quantitative estimate of drug-likeness (QED) is 0.151. The van der Waals surface area contributed by atoms with Gasteiger partial charge in [-0.25, -0.2) is 10.2 Å². The van der Waals surface area contributed by atoms with Gasteiger partial charge in [0.05, 0.1) is 35.0 Å². The number of hydrogen-bond donors (Lipinski definition) is 1. The smallest absolute Gasteiger partial charge is 0.343 e. The number of halogens is 2. The molecule has 35 heavy (non-hydrogen) atoms. The first-order chi connectivity index (χ1) is 16.9. The number of carbonyl (C=O) groups excluding carboxylic acids is 2. The molecule has 182 valence electrons. The van der Waals surface area contributed by atoms with E-state index in [1.165, 1.54) is 18.3 Å². The first-order valence-electron chi connectivity index (χ1n) is 10.9. The summed E-state index contributed by atoms with van der Waals surface area (Å²) in [7, 11) is 0. The van der Waals surface area contributed by atoms with Crippen LogP contribution < -0.4 is 19.6 Å². The number of carbonyl (C=O) groups is 2. The number of ether oxygens (including phenoxy) is 3. The molecule has 3 aromatic rings. The van der Waals surface area contributed by atoms with Crippen molar-refractivity contribution in [1.82, 2.24) is 5.43 Å². The van der Waals surface area contributed by atoms with Crippen molar-refractivity contribution in [3.8, 4) is 17.2 Å². The maximum absolute atomic E-state index is 12.6. The van der Waals surface area contributed by atoms with E-state index in [1.807, 2.05) is 13.8 Å². The predicted molar refractivity (Wildman–Crippen MR) is 136 cm³/mol. The summed E-state index contributed by atoms with van der Waals surface area (Å²) in [6, 6.07) is 16.2. The van der Waals surface area contributed by atoms with Gasteiger partial charge in [0, 0.05) is 5.56 Å². The summed E-state index contributed by atoms with van der Waals surface area (Å²) in [5.74, 6) is 0.349. The van der Waals surface area contributed by atoms with Crippen LogP contribution in [-0.4, -0.2) is 31.3 Å². The van der Waals surface area contributed by atoms with Crippen LogP contribution >= 0.6 is 23.2 Å².